The minimum absolute atomic E-state index is 0.0637. The van der Waals surface area contributed by atoms with Gasteiger partial charge in [0, 0.05) is 19.3 Å². The van der Waals surface area contributed by atoms with E-state index < -0.39 is 67.3 Å². The molecule has 1 fully saturated rings. The van der Waals surface area contributed by atoms with Gasteiger partial charge in [-0.3, -0.25) is 14.4 Å². The number of carbonyl (C=O) groups excluding carboxylic acids is 3. The van der Waals surface area contributed by atoms with Crippen LogP contribution in [0.25, 0.3) is 0 Å². The van der Waals surface area contributed by atoms with Gasteiger partial charge in [0.25, 0.3) is 0 Å². The Bertz CT molecular complexity index is 1240. The zero-order valence-electron chi connectivity index (χ0n) is 41.2. The number of carbonyl (C=O) groups is 4. The molecule has 12 nitrogen and oxygen atoms in total. The molecular weight excluding hydrogens is 829 g/mol. The summed E-state index contributed by atoms with van der Waals surface area (Å²) < 4.78 is 28.2. The number of hydrogen-bond acceptors (Lipinski definition) is 11. The van der Waals surface area contributed by atoms with Gasteiger partial charge >= 0.3 is 23.9 Å². The number of aliphatic hydroxyl groups excluding tert-OH is 2. The number of unbranched alkanes of at least 4 members (excludes halogenated alkanes) is 26. The average molecular weight is 923 g/mol. The fourth-order valence-corrected chi connectivity index (χ4v) is 7.93. The fourth-order valence-electron chi connectivity index (χ4n) is 7.93. The van der Waals surface area contributed by atoms with Crippen LogP contribution >= 0.6 is 0 Å². The highest BCUT2D eigenvalue weighted by Gasteiger charge is 2.50. The number of aliphatic hydroxyl groups is 2. The zero-order chi connectivity index (χ0) is 47.6. The van der Waals surface area contributed by atoms with Gasteiger partial charge in [-0.25, -0.2) is 4.79 Å². The molecule has 1 aliphatic rings. The van der Waals surface area contributed by atoms with Crippen molar-refractivity contribution in [1.29, 1.82) is 0 Å². The summed E-state index contributed by atoms with van der Waals surface area (Å²) in [6.45, 7) is 5.90. The molecule has 65 heavy (non-hydrogen) atoms. The summed E-state index contributed by atoms with van der Waals surface area (Å²) in [5.74, 6) is -3.12. The molecule has 1 heterocycles. The van der Waals surface area contributed by atoms with Crippen molar-refractivity contribution in [3.05, 3.63) is 24.3 Å². The van der Waals surface area contributed by atoms with Crippen LogP contribution < -0.4 is 0 Å². The van der Waals surface area contributed by atoms with E-state index in [2.05, 4.69) is 45.1 Å². The van der Waals surface area contributed by atoms with Gasteiger partial charge < -0.3 is 39.0 Å². The highest BCUT2D eigenvalue weighted by atomic mass is 16.7. The smallest absolute Gasteiger partial charge is 0.335 e. The van der Waals surface area contributed by atoms with E-state index in [4.69, 9.17) is 23.7 Å². The lowest BCUT2D eigenvalue weighted by Gasteiger charge is -2.40. The highest BCUT2D eigenvalue weighted by Crippen LogP contribution is 2.26. The summed E-state index contributed by atoms with van der Waals surface area (Å²) in [6, 6.07) is 0. The van der Waals surface area contributed by atoms with Crippen LogP contribution in [0, 0.1) is 0 Å². The molecule has 3 N–H and O–H groups in total. The topological polar surface area (TPSA) is 175 Å². The van der Waals surface area contributed by atoms with Crippen LogP contribution in [-0.4, -0.2) is 89.2 Å². The molecule has 0 radical (unpaired) electrons. The van der Waals surface area contributed by atoms with Crippen LogP contribution in [0.3, 0.4) is 0 Å². The minimum atomic E-state index is -1.90. The predicted octanol–water partition coefficient (Wildman–Crippen LogP) is 12.3. The molecule has 6 atom stereocenters. The van der Waals surface area contributed by atoms with Gasteiger partial charge in [0.15, 0.2) is 24.6 Å². The van der Waals surface area contributed by atoms with Gasteiger partial charge in [-0.2, -0.15) is 0 Å². The Labute approximate surface area is 394 Å². The van der Waals surface area contributed by atoms with Gasteiger partial charge in [0.1, 0.15) is 18.8 Å². The average Bonchev–Trinajstić information content (AvgIpc) is 3.29. The van der Waals surface area contributed by atoms with Crippen LogP contribution in [0.1, 0.15) is 239 Å². The summed E-state index contributed by atoms with van der Waals surface area (Å²) in [7, 11) is 0. The number of carboxylic acids is 1. The van der Waals surface area contributed by atoms with Crippen LogP contribution in [0.15, 0.2) is 24.3 Å². The second kappa shape index (κ2) is 42.5. The Kier molecular flexibility index (Phi) is 39.4. The summed E-state index contributed by atoms with van der Waals surface area (Å²) in [6.07, 6.45) is 33.2. The molecule has 1 saturated heterocycles. The molecule has 0 bridgehead atoms. The lowest BCUT2D eigenvalue weighted by molar-refractivity contribution is -0.301. The van der Waals surface area contributed by atoms with Crippen molar-refractivity contribution >= 4 is 23.9 Å². The zero-order valence-corrected chi connectivity index (χ0v) is 41.2. The van der Waals surface area contributed by atoms with Gasteiger partial charge in [0.2, 0.25) is 0 Å². The summed E-state index contributed by atoms with van der Waals surface area (Å²) >= 11 is 0. The van der Waals surface area contributed by atoms with Gasteiger partial charge in [0.05, 0.1) is 6.61 Å². The molecule has 0 saturated carbocycles. The van der Waals surface area contributed by atoms with E-state index in [-0.39, 0.29) is 25.9 Å². The first-order valence-electron chi connectivity index (χ1n) is 26.3. The number of ether oxygens (including phenoxy) is 5. The number of aliphatic carboxylic acids is 1. The van der Waals surface area contributed by atoms with E-state index in [1.807, 2.05) is 0 Å². The second-order valence-corrected chi connectivity index (χ2v) is 18.2. The SMILES string of the molecule is CCCCC/C=C\C/C=C\CCCCCCCC(=O)OCC(COC1OC(C(=O)O)C(O)C(O)C1OC(=O)CCCCCCCCCCC)OC(=O)CCCCCCCCCCCCC. The third kappa shape index (κ3) is 33.3. The van der Waals surface area contributed by atoms with Gasteiger partial charge in [-0.05, 0) is 51.4 Å². The van der Waals surface area contributed by atoms with E-state index in [0.717, 1.165) is 89.9 Å². The number of rotatable bonds is 44. The third-order valence-corrected chi connectivity index (χ3v) is 12.0. The maximum Gasteiger partial charge on any atom is 0.335 e. The molecule has 6 unspecified atom stereocenters. The summed E-state index contributed by atoms with van der Waals surface area (Å²) in [5, 5.41) is 31.2. The van der Waals surface area contributed by atoms with E-state index in [0.29, 0.717) is 19.3 Å². The summed E-state index contributed by atoms with van der Waals surface area (Å²) in [4.78, 5) is 50.7. The Morgan fingerprint density at radius 2 is 0.923 bits per heavy atom. The largest absolute Gasteiger partial charge is 0.479 e. The van der Waals surface area contributed by atoms with Crippen LogP contribution in [0.4, 0.5) is 0 Å². The maximum absolute atomic E-state index is 13.0. The molecule has 0 aromatic rings. The monoisotopic (exact) mass is 923 g/mol. The van der Waals surface area contributed by atoms with Gasteiger partial charge in [-0.1, -0.05) is 193 Å². The van der Waals surface area contributed by atoms with Crippen LogP contribution in [-0.2, 0) is 42.9 Å². The lowest BCUT2D eigenvalue weighted by Crippen LogP contribution is -2.61. The highest BCUT2D eigenvalue weighted by molar-refractivity contribution is 5.74. The molecule has 378 valence electrons. The van der Waals surface area contributed by atoms with E-state index in [9.17, 15) is 34.5 Å². The number of allylic oxidation sites excluding steroid dienone is 4. The van der Waals surface area contributed by atoms with E-state index in [1.54, 1.807) is 0 Å². The minimum Gasteiger partial charge on any atom is -0.479 e. The van der Waals surface area contributed by atoms with Crippen molar-refractivity contribution in [2.24, 2.45) is 0 Å². The van der Waals surface area contributed by atoms with Crippen molar-refractivity contribution in [2.75, 3.05) is 13.2 Å². The molecule has 1 rings (SSSR count). The van der Waals surface area contributed by atoms with Crippen molar-refractivity contribution in [2.45, 2.75) is 276 Å². The quantitative estimate of drug-likeness (QED) is 0.0229. The molecular formula is C53H94O12. The lowest BCUT2D eigenvalue weighted by atomic mass is 9.98. The Morgan fingerprint density at radius 1 is 0.508 bits per heavy atom. The Hall–Kier alpha value is -2.80. The molecule has 12 heteroatoms. The molecule has 0 amide bonds. The standard InChI is InChI=1S/C53H94O12/c1-4-7-10-13-16-19-21-22-23-24-26-28-30-33-36-39-45(54)61-42-44(63-46(55)40-37-34-32-29-25-20-17-14-11-8-5-2)43-62-53-51(49(58)48(57)50(65-53)52(59)60)64-47(56)41-38-35-31-27-18-15-12-9-6-3/h16,19,22-23,44,48-51,53,57-58H,4-15,17-18,20-21,24-43H2,1-3H3,(H,59,60)/b19-16-,23-22-. The Balaban J connectivity index is 2.72. The van der Waals surface area contributed by atoms with Crippen molar-refractivity contribution in [3.63, 3.8) is 0 Å². The fraction of sp³-hybridized carbons (Fsp3) is 0.849. The van der Waals surface area contributed by atoms with Crippen LogP contribution in [0.5, 0.6) is 0 Å². The maximum atomic E-state index is 13.0. The molecule has 1 aliphatic heterocycles. The second-order valence-electron chi connectivity index (χ2n) is 18.2. The number of carboxylic acid groups (broad SMARTS) is 1. The molecule has 0 aromatic heterocycles. The third-order valence-electron chi connectivity index (χ3n) is 12.0. The van der Waals surface area contributed by atoms with Crippen molar-refractivity contribution < 1.29 is 58.2 Å². The number of esters is 3. The van der Waals surface area contributed by atoms with E-state index in [1.165, 1.54) is 89.9 Å². The van der Waals surface area contributed by atoms with Crippen molar-refractivity contribution in [3.8, 4) is 0 Å². The van der Waals surface area contributed by atoms with Crippen molar-refractivity contribution in [1.82, 2.24) is 0 Å². The first-order valence-corrected chi connectivity index (χ1v) is 26.3. The van der Waals surface area contributed by atoms with Gasteiger partial charge in [-0.15, -0.1) is 0 Å². The molecule has 0 spiro atoms. The number of hydrogen-bond donors (Lipinski definition) is 3. The summed E-state index contributed by atoms with van der Waals surface area (Å²) in [5.41, 5.74) is 0. The first kappa shape index (κ1) is 60.2. The molecule has 0 aliphatic carbocycles. The molecule has 0 aromatic carbocycles. The normalized spacial score (nSPS) is 19.2. The first-order chi connectivity index (χ1) is 31.6. The van der Waals surface area contributed by atoms with E-state index >= 15 is 0 Å². The van der Waals surface area contributed by atoms with Crippen LogP contribution in [0.2, 0.25) is 0 Å². The predicted molar refractivity (Wildman–Crippen MR) is 257 cm³/mol. The Morgan fingerprint density at radius 3 is 1.42 bits per heavy atom.